The zero-order valence-corrected chi connectivity index (χ0v) is 23.2. The second kappa shape index (κ2) is 10.4. The van der Waals surface area contributed by atoms with E-state index in [0.717, 1.165) is 12.8 Å². The maximum absolute atomic E-state index is 13.6. The van der Waals surface area contributed by atoms with Crippen LogP contribution in [-0.2, 0) is 14.8 Å². The van der Waals surface area contributed by atoms with Gasteiger partial charge in [0.2, 0.25) is 16.0 Å². The van der Waals surface area contributed by atoms with Gasteiger partial charge in [0, 0.05) is 25.4 Å². The van der Waals surface area contributed by atoms with Crippen LogP contribution in [0.2, 0.25) is 5.02 Å². The molecule has 1 aliphatic carbocycles. The van der Waals surface area contributed by atoms with Gasteiger partial charge >= 0.3 is 0 Å². The summed E-state index contributed by atoms with van der Waals surface area (Å²) in [6.45, 7) is 5.88. The molecular formula is C24H31ClN6O5S. The van der Waals surface area contributed by atoms with Crippen molar-refractivity contribution in [2.45, 2.75) is 50.9 Å². The molecule has 1 aliphatic rings. The van der Waals surface area contributed by atoms with Gasteiger partial charge in [-0.2, -0.15) is 0 Å². The summed E-state index contributed by atoms with van der Waals surface area (Å²) >= 11 is 5.89. The van der Waals surface area contributed by atoms with Crippen LogP contribution in [0.5, 0.6) is 11.5 Å². The predicted octanol–water partition coefficient (Wildman–Crippen LogP) is 4.15. The molecule has 2 aromatic heterocycles. The minimum atomic E-state index is -4.07. The SMILES string of the molecule is COc1cccc(OC)c1-n1c(NS(=O)(=O)C(C)C(OC)c2ncc(Cl)cn2)nnc1C1CC(C)(C)C1. The Kier molecular flexibility index (Phi) is 7.63. The molecule has 4 rings (SSSR count). The Balaban J connectivity index is 1.77. The highest BCUT2D eigenvalue weighted by molar-refractivity contribution is 7.93. The zero-order chi connectivity index (χ0) is 27.0. The summed E-state index contributed by atoms with van der Waals surface area (Å²) in [5.41, 5.74) is 0.664. The molecule has 11 nitrogen and oxygen atoms in total. The number of anilines is 1. The Labute approximate surface area is 221 Å². The summed E-state index contributed by atoms with van der Waals surface area (Å²) < 4.78 is 48.2. The molecule has 0 radical (unpaired) electrons. The number of methoxy groups -OCH3 is 3. The maximum Gasteiger partial charge on any atom is 0.243 e. The second-order valence-electron chi connectivity index (χ2n) is 9.77. The minimum absolute atomic E-state index is 0.0150. The number of rotatable bonds is 10. The number of aromatic nitrogens is 5. The average Bonchev–Trinajstić information content (AvgIpc) is 3.25. The van der Waals surface area contributed by atoms with E-state index >= 15 is 0 Å². The van der Waals surface area contributed by atoms with Gasteiger partial charge in [0.05, 0.1) is 19.2 Å². The van der Waals surface area contributed by atoms with Gasteiger partial charge < -0.3 is 14.2 Å². The summed E-state index contributed by atoms with van der Waals surface area (Å²) in [7, 11) is 0.402. The first-order valence-corrected chi connectivity index (χ1v) is 13.6. The molecule has 0 bridgehead atoms. The van der Waals surface area contributed by atoms with Crippen molar-refractivity contribution in [1.29, 1.82) is 0 Å². The molecular weight excluding hydrogens is 520 g/mol. The van der Waals surface area contributed by atoms with Crippen LogP contribution < -0.4 is 14.2 Å². The van der Waals surface area contributed by atoms with Gasteiger partial charge in [-0.3, -0.25) is 9.29 Å². The molecule has 0 spiro atoms. The largest absolute Gasteiger partial charge is 0.494 e. The molecule has 2 unspecified atom stereocenters. The van der Waals surface area contributed by atoms with Gasteiger partial charge in [-0.15, -0.1) is 10.2 Å². The quantitative estimate of drug-likeness (QED) is 0.395. The molecule has 13 heteroatoms. The average molecular weight is 551 g/mol. The fraction of sp³-hybridized carbons (Fsp3) is 0.500. The Morgan fingerprint density at radius 1 is 1.08 bits per heavy atom. The number of hydrogen-bond acceptors (Lipinski definition) is 9. The van der Waals surface area contributed by atoms with Gasteiger partial charge in [0.1, 0.15) is 34.4 Å². The molecule has 0 saturated heterocycles. The van der Waals surface area contributed by atoms with Crippen LogP contribution in [0.15, 0.2) is 30.6 Å². The lowest BCUT2D eigenvalue weighted by Gasteiger charge is -2.42. The highest BCUT2D eigenvalue weighted by Crippen LogP contribution is 2.51. The Morgan fingerprint density at radius 3 is 2.19 bits per heavy atom. The first-order valence-electron chi connectivity index (χ1n) is 11.7. The van der Waals surface area contributed by atoms with Crippen LogP contribution in [0.1, 0.15) is 57.3 Å². The topological polar surface area (TPSA) is 130 Å². The number of nitrogens with one attached hydrogen (secondary N) is 1. The molecule has 2 atom stereocenters. The van der Waals surface area contributed by atoms with Gasteiger partial charge in [0.15, 0.2) is 5.82 Å². The third kappa shape index (κ3) is 5.36. The molecule has 37 heavy (non-hydrogen) atoms. The lowest BCUT2D eigenvalue weighted by atomic mass is 9.64. The molecule has 200 valence electrons. The summed E-state index contributed by atoms with van der Waals surface area (Å²) in [6, 6.07) is 5.33. The van der Waals surface area contributed by atoms with E-state index in [1.807, 2.05) is 0 Å². The third-order valence-electron chi connectivity index (χ3n) is 6.57. The van der Waals surface area contributed by atoms with E-state index < -0.39 is 21.4 Å². The highest BCUT2D eigenvalue weighted by Gasteiger charge is 2.42. The normalized spacial score (nSPS) is 17.1. The Bertz CT molecular complexity index is 1330. The number of sulfonamides is 1. The van der Waals surface area contributed by atoms with Crippen LogP contribution in [0, 0.1) is 5.41 Å². The van der Waals surface area contributed by atoms with Crippen LogP contribution in [-0.4, -0.2) is 59.7 Å². The number of para-hydroxylation sites is 1. The van der Waals surface area contributed by atoms with Crippen molar-refractivity contribution in [3.05, 3.63) is 47.3 Å². The molecule has 1 saturated carbocycles. The number of ether oxygens (including phenoxy) is 3. The van der Waals surface area contributed by atoms with Crippen molar-refractivity contribution in [2.24, 2.45) is 5.41 Å². The standard InChI is InChI=1S/C24H31ClN6O5S/c1-14(20(36-6)21-26-12-16(25)13-27-21)37(32,33)30-23-29-28-22(15-10-24(2,3)11-15)31(23)19-17(34-4)8-7-9-18(19)35-5/h7-9,12-15,20H,10-11H2,1-6H3,(H,29,30). The van der Waals surface area contributed by atoms with E-state index in [2.05, 4.69) is 38.7 Å². The first-order chi connectivity index (χ1) is 17.5. The van der Waals surface area contributed by atoms with E-state index in [4.69, 9.17) is 25.8 Å². The number of halogens is 1. The first kappa shape index (κ1) is 27.1. The number of benzene rings is 1. The van der Waals surface area contributed by atoms with Crippen molar-refractivity contribution >= 4 is 27.6 Å². The molecule has 3 aromatic rings. The van der Waals surface area contributed by atoms with Gasteiger partial charge in [-0.25, -0.2) is 18.4 Å². The van der Waals surface area contributed by atoms with E-state index in [9.17, 15) is 8.42 Å². The van der Waals surface area contributed by atoms with E-state index in [1.54, 1.807) is 22.8 Å². The van der Waals surface area contributed by atoms with E-state index in [1.165, 1.54) is 40.6 Å². The third-order valence-corrected chi connectivity index (χ3v) is 8.46. The molecule has 0 aliphatic heterocycles. The molecule has 2 heterocycles. The molecule has 1 N–H and O–H groups in total. The summed E-state index contributed by atoms with van der Waals surface area (Å²) in [5, 5.41) is 7.91. The number of nitrogens with zero attached hydrogens (tertiary/aromatic N) is 5. The zero-order valence-electron chi connectivity index (χ0n) is 21.6. The van der Waals surface area contributed by atoms with Gasteiger partial charge in [-0.05, 0) is 37.3 Å². The molecule has 1 fully saturated rings. The van der Waals surface area contributed by atoms with Crippen molar-refractivity contribution in [3.63, 3.8) is 0 Å². The van der Waals surface area contributed by atoms with Crippen molar-refractivity contribution in [3.8, 4) is 17.2 Å². The van der Waals surface area contributed by atoms with Crippen LogP contribution >= 0.6 is 11.6 Å². The van der Waals surface area contributed by atoms with Gasteiger partial charge in [0.25, 0.3) is 0 Å². The summed E-state index contributed by atoms with van der Waals surface area (Å²) in [6.07, 6.45) is 3.58. The Morgan fingerprint density at radius 2 is 1.68 bits per heavy atom. The molecule has 1 aromatic carbocycles. The number of hydrogen-bond donors (Lipinski definition) is 1. The van der Waals surface area contributed by atoms with E-state index in [-0.39, 0.29) is 23.1 Å². The monoisotopic (exact) mass is 550 g/mol. The Hall–Kier alpha value is -2.96. The summed E-state index contributed by atoms with van der Waals surface area (Å²) in [4.78, 5) is 8.27. The fourth-order valence-electron chi connectivity index (χ4n) is 4.72. The smallest absolute Gasteiger partial charge is 0.243 e. The lowest BCUT2D eigenvalue weighted by Crippen LogP contribution is -2.34. The fourth-order valence-corrected chi connectivity index (χ4v) is 5.94. The van der Waals surface area contributed by atoms with Crippen LogP contribution in [0.25, 0.3) is 5.69 Å². The van der Waals surface area contributed by atoms with Crippen molar-refractivity contribution in [1.82, 2.24) is 24.7 Å². The maximum atomic E-state index is 13.6. The predicted molar refractivity (Wildman–Crippen MR) is 139 cm³/mol. The van der Waals surface area contributed by atoms with Crippen molar-refractivity contribution < 1.29 is 22.6 Å². The molecule has 0 amide bonds. The van der Waals surface area contributed by atoms with Crippen LogP contribution in [0.4, 0.5) is 5.95 Å². The summed E-state index contributed by atoms with van der Waals surface area (Å²) in [5.74, 6) is 1.88. The highest BCUT2D eigenvalue weighted by atomic mass is 35.5. The second-order valence-corrected chi connectivity index (χ2v) is 12.2. The van der Waals surface area contributed by atoms with Crippen molar-refractivity contribution in [2.75, 3.05) is 26.1 Å². The van der Waals surface area contributed by atoms with Gasteiger partial charge in [-0.1, -0.05) is 31.5 Å². The minimum Gasteiger partial charge on any atom is -0.494 e. The van der Waals surface area contributed by atoms with E-state index in [0.29, 0.717) is 28.0 Å². The lowest BCUT2D eigenvalue weighted by molar-refractivity contribution is 0.0950. The van der Waals surface area contributed by atoms with Crippen LogP contribution in [0.3, 0.4) is 0 Å².